The molecule has 0 radical (unpaired) electrons. The fourth-order valence-corrected chi connectivity index (χ4v) is 3.36. The van der Waals surface area contributed by atoms with Crippen LogP contribution in [-0.4, -0.2) is 78.8 Å². The number of carbonyl (C=O) groups excluding carboxylic acids is 2. The lowest BCUT2D eigenvalue weighted by Crippen LogP contribution is -2.56. The Hall–Kier alpha value is -1.68. The van der Waals surface area contributed by atoms with Crippen LogP contribution in [0.3, 0.4) is 0 Å². The summed E-state index contributed by atoms with van der Waals surface area (Å²) in [4.78, 5) is 26.0. The van der Waals surface area contributed by atoms with Crippen molar-refractivity contribution in [1.82, 2.24) is 4.90 Å². The van der Waals surface area contributed by atoms with Crippen molar-refractivity contribution in [3.8, 4) is 0 Å². The number of hydrogen-bond acceptors (Lipinski definition) is 8. The summed E-state index contributed by atoms with van der Waals surface area (Å²) in [6.45, 7) is 9.12. The highest BCUT2D eigenvalue weighted by Gasteiger charge is 2.51. The van der Waals surface area contributed by atoms with Crippen LogP contribution in [0.15, 0.2) is 11.6 Å². The van der Waals surface area contributed by atoms with Crippen molar-refractivity contribution in [2.24, 2.45) is 0 Å². The first kappa shape index (κ1) is 22.6. The smallest absolute Gasteiger partial charge is 0.412 e. The number of carbonyl (C=O) groups is 2. The van der Waals surface area contributed by atoms with Crippen LogP contribution in [0, 0.1) is 0 Å². The summed E-state index contributed by atoms with van der Waals surface area (Å²) in [5.74, 6) is -0.587. The number of aliphatic hydroxyl groups is 1. The van der Waals surface area contributed by atoms with Gasteiger partial charge in [-0.2, -0.15) is 0 Å². The number of amides is 1. The molecule has 2 fully saturated rings. The predicted octanol–water partition coefficient (Wildman–Crippen LogP) is 1.58. The van der Waals surface area contributed by atoms with E-state index in [4.69, 9.17) is 18.9 Å². The van der Waals surface area contributed by atoms with E-state index in [-0.39, 0.29) is 13.0 Å². The molecule has 2 saturated heterocycles. The molecule has 28 heavy (non-hydrogen) atoms. The van der Waals surface area contributed by atoms with E-state index in [0.717, 1.165) is 0 Å². The molecule has 0 aromatic carbocycles. The van der Waals surface area contributed by atoms with Gasteiger partial charge in [0.1, 0.15) is 17.4 Å². The first-order chi connectivity index (χ1) is 12.9. The molecule has 0 aromatic heterocycles. The molecular formula is C19H31NO8. The molecule has 2 heterocycles. The molecule has 9 heteroatoms. The number of rotatable bonds is 3. The minimum atomic E-state index is -1.12. The summed E-state index contributed by atoms with van der Waals surface area (Å²) >= 11 is 0. The van der Waals surface area contributed by atoms with Crippen molar-refractivity contribution in [2.75, 3.05) is 20.8 Å². The van der Waals surface area contributed by atoms with Gasteiger partial charge in [0, 0.05) is 19.6 Å². The normalized spacial score (nSPS) is 31.7. The monoisotopic (exact) mass is 401 g/mol. The van der Waals surface area contributed by atoms with Gasteiger partial charge in [0.2, 0.25) is 0 Å². The molecule has 0 saturated carbocycles. The molecule has 160 valence electrons. The van der Waals surface area contributed by atoms with Crippen LogP contribution in [0.1, 0.15) is 41.0 Å². The molecule has 2 aliphatic heterocycles. The molecule has 0 spiro atoms. The average Bonchev–Trinajstić information content (AvgIpc) is 2.90. The molecule has 2 aliphatic rings. The van der Waals surface area contributed by atoms with Crippen molar-refractivity contribution in [2.45, 2.75) is 76.9 Å². The lowest BCUT2D eigenvalue weighted by molar-refractivity contribution is -0.221. The average molecular weight is 401 g/mol. The van der Waals surface area contributed by atoms with E-state index >= 15 is 0 Å². The second-order valence-electron chi connectivity index (χ2n) is 8.35. The molecule has 0 aromatic rings. The molecular weight excluding hydrogens is 370 g/mol. The molecule has 2 rings (SSSR count). The van der Waals surface area contributed by atoms with Gasteiger partial charge in [-0.15, -0.1) is 0 Å². The Labute approximate surface area is 165 Å². The highest BCUT2D eigenvalue weighted by molar-refractivity contribution is 5.82. The summed E-state index contributed by atoms with van der Waals surface area (Å²) < 4.78 is 27.1. The van der Waals surface area contributed by atoms with Crippen LogP contribution < -0.4 is 0 Å². The molecule has 1 N–H and O–H groups in total. The Morgan fingerprint density at radius 3 is 2.46 bits per heavy atom. The van der Waals surface area contributed by atoms with Crippen LogP contribution in [0.2, 0.25) is 0 Å². The van der Waals surface area contributed by atoms with Crippen molar-refractivity contribution in [3.05, 3.63) is 11.6 Å². The quantitative estimate of drug-likeness (QED) is 0.562. The van der Waals surface area contributed by atoms with Gasteiger partial charge in [-0.05, 0) is 40.2 Å². The molecule has 0 bridgehead atoms. The van der Waals surface area contributed by atoms with Crippen LogP contribution in [-0.2, 0) is 28.5 Å². The van der Waals surface area contributed by atoms with E-state index in [9.17, 15) is 14.7 Å². The Bertz CT molecular complexity index is 624. The summed E-state index contributed by atoms with van der Waals surface area (Å²) in [5, 5.41) is 10.4. The number of nitrogens with zero attached hydrogens (tertiary/aromatic N) is 1. The summed E-state index contributed by atoms with van der Waals surface area (Å²) in [5.41, 5.74) is -1.17. The number of methoxy groups -OCH3 is 2. The number of ether oxygens (including phenoxy) is 5. The molecule has 9 nitrogen and oxygen atoms in total. The van der Waals surface area contributed by atoms with Crippen molar-refractivity contribution >= 4 is 12.1 Å². The van der Waals surface area contributed by atoms with Crippen molar-refractivity contribution in [1.29, 1.82) is 0 Å². The van der Waals surface area contributed by atoms with E-state index in [1.165, 1.54) is 25.2 Å². The van der Waals surface area contributed by atoms with Gasteiger partial charge in [-0.1, -0.05) is 0 Å². The second kappa shape index (κ2) is 8.36. The maximum atomic E-state index is 12.8. The predicted molar refractivity (Wildman–Crippen MR) is 98.3 cm³/mol. The van der Waals surface area contributed by atoms with E-state index in [1.54, 1.807) is 34.6 Å². The first-order valence-electron chi connectivity index (χ1n) is 9.20. The van der Waals surface area contributed by atoms with E-state index < -0.39 is 47.9 Å². The molecule has 0 unspecified atom stereocenters. The number of aliphatic hydroxyl groups excluding tert-OH is 1. The van der Waals surface area contributed by atoms with Gasteiger partial charge in [-0.25, -0.2) is 9.59 Å². The van der Waals surface area contributed by atoms with Gasteiger partial charge in [0.15, 0.2) is 6.29 Å². The largest absolute Gasteiger partial charge is 0.466 e. The minimum Gasteiger partial charge on any atom is -0.466 e. The molecule has 1 amide bonds. The van der Waals surface area contributed by atoms with Crippen molar-refractivity contribution in [3.63, 3.8) is 0 Å². The van der Waals surface area contributed by atoms with Gasteiger partial charge >= 0.3 is 12.1 Å². The van der Waals surface area contributed by atoms with E-state index in [1.807, 2.05) is 0 Å². The fourth-order valence-electron chi connectivity index (χ4n) is 3.36. The highest BCUT2D eigenvalue weighted by Crippen LogP contribution is 2.36. The number of esters is 1. The Morgan fingerprint density at radius 1 is 1.29 bits per heavy atom. The topological polar surface area (TPSA) is 104 Å². The summed E-state index contributed by atoms with van der Waals surface area (Å²) in [6.07, 6.45) is -1.77. The Balaban J connectivity index is 2.31. The van der Waals surface area contributed by atoms with E-state index in [0.29, 0.717) is 5.57 Å². The van der Waals surface area contributed by atoms with Crippen molar-refractivity contribution < 1.29 is 38.4 Å². The zero-order valence-electron chi connectivity index (χ0n) is 17.6. The standard InChI is InChI=1S/C19H31NO8/c1-18(2,3)28-17(23)20-12(10-26-19(20,4)5)13-8-11(9-14(21)24-6)15(22)16(25-7)27-13/h9,12-13,15-16,22H,8,10H2,1-7H3/b11-9+/t12-,13+,15-,16+/m1/s1. The van der Waals surface area contributed by atoms with Gasteiger partial charge in [-0.3, -0.25) is 4.90 Å². The highest BCUT2D eigenvalue weighted by atomic mass is 16.7. The second-order valence-corrected chi connectivity index (χ2v) is 8.35. The van der Waals surface area contributed by atoms with Crippen LogP contribution in [0.25, 0.3) is 0 Å². The van der Waals surface area contributed by atoms with Gasteiger partial charge in [0.05, 0.1) is 25.9 Å². The SMILES string of the molecule is COC(=O)/C=C1\C[C@@H]([C@H]2COC(C)(C)N2C(=O)OC(C)(C)C)O[C@H](OC)[C@@H]1O. The summed E-state index contributed by atoms with van der Waals surface area (Å²) in [7, 11) is 2.65. The van der Waals surface area contributed by atoms with E-state index in [2.05, 4.69) is 4.74 Å². The Kier molecular flexibility index (Phi) is 6.75. The lowest BCUT2D eigenvalue weighted by Gasteiger charge is -2.41. The van der Waals surface area contributed by atoms with Crippen LogP contribution in [0.5, 0.6) is 0 Å². The number of hydrogen-bond donors (Lipinski definition) is 1. The minimum absolute atomic E-state index is 0.208. The van der Waals surface area contributed by atoms with Crippen LogP contribution in [0.4, 0.5) is 4.79 Å². The molecule has 4 atom stereocenters. The zero-order chi connectivity index (χ0) is 21.3. The van der Waals surface area contributed by atoms with Gasteiger partial charge < -0.3 is 28.8 Å². The first-order valence-corrected chi connectivity index (χ1v) is 9.20. The third-order valence-corrected chi connectivity index (χ3v) is 4.66. The Morgan fingerprint density at radius 2 is 1.93 bits per heavy atom. The fraction of sp³-hybridized carbons (Fsp3) is 0.789. The summed E-state index contributed by atoms with van der Waals surface area (Å²) in [6, 6.07) is -0.490. The maximum Gasteiger partial charge on any atom is 0.412 e. The lowest BCUT2D eigenvalue weighted by atomic mass is 9.93. The third kappa shape index (κ3) is 5.02. The molecule has 0 aliphatic carbocycles. The maximum absolute atomic E-state index is 12.8. The third-order valence-electron chi connectivity index (χ3n) is 4.66. The van der Waals surface area contributed by atoms with Gasteiger partial charge in [0.25, 0.3) is 0 Å². The van der Waals surface area contributed by atoms with Crippen LogP contribution >= 0.6 is 0 Å². The zero-order valence-corrected chi connectivity index (χ0v) is 17.6.